The van der Waals surface area contributed by atoms with Crippen LogP contribution in [0.3, 0.4) is 0 Å². The summed E-state index contributed by atoms with van der Waals surface area (Å²) in [7, 11) is -2.07. The summed E-state index contributed by atoms with van der Waals surface area (Å²) in [4.78, 5) is 27.7. The van der Waals surface area contributed by atoms with Crippen LogP contribution in [-0.2, 0) is 24.3 Å². The highest BCUT2D eigenvalue weighted by atomic mass is 79.9. The van der Waals surface area contributed by atoms with Crippen molar-refractivity contribution in [2.24, 2.45) is 0 Å². The number of hydrogen-bond donors (Lipinski definition) is 1. The van der Waals surface area contributed by atoms with Gasteiger partial charge in [-0.1, -0.05) is 34.5 Å². The smallest absolute Gasteiger partial charge is 0.295 e. The van der Waals surface area contributed by atoms with Crippen molar-refractivity contribution in [2.45, 2.75) is 36.6 Å². The number of methoxy groups -OCH3 is 1. The van der Waals surface area contributed by atoms with Gasteiger partial charge >= 0.3 is 0 Å². The molecule has 2 aliphatic rings. The molecule has 2 fully saturated rings. The van der Waals surface area contributed by atoms with Crippen molar-refractivity contribution in [3.8, 4) is 0 Å². The van der Waals surface area contributed by atoms with E-state index in [9.17, 15) is 23.1 Å². The lowest BCUT2D eigenvalue weighted by atomic mass is 9.95. The highest BCUT2D eigenvalue weighted by Gasteiger charge is 2.45. The second kappa shape index (κ2) is 11.2. The first-order chi connectivity index (χ1) is 17.3. The summed E-state index contributed by atoms with van der Waals surface area (Å²) >= 11 is 3.44. The lowest BCUT2D eigenvalue weighted by Gasteiger charge is -2.26. The minimum atomic E-state index is -3.63. The quantitative estimate of drug-likeness (QED) is 0.220. The molecule has 10 heteroatoms. The van der Waals surface area contributed by atoms with Crippen LogP contribution in [-0.4, -0.2) is 67.8 Å². The Morgan fingerprint density at radius 3 is 2.42 bits per heavy atom. The van der Waals surface area contributed by atoms with Crippen LogP contribution >= 0.6 is 15.9 Å². The molecule has 1 atom stereocenters. The number of carbonyl (C=O) groups is 2. The molecule has 1 N–H and O–H groups in total. The fourth-order valence-electron chi connectivity index (χ4n) is 4.71. The average molecular weight is 577 g/mol. The molecule has 2 saturated heterocycles. The number of likely N-dealkylation sites (tertiary alicyclic amines) is 1. The van der Waals surface area contributed by atoms with Crippen molar-refractivity contribution in [3.05, 3.63) is 69.7 Å². The molecule has 0 spiro atoms. The van der Waals surface area contributed by atoms with Gasteiger partial charge in [-0.25, -0.2) is 8.42 Å². The van der Waals surface area contributed by atoms with E-state index >= 15 is 0 Å². The van der Waals surface area contributed by atoms with E-state index in [2.05, 4.69) is 15.9 Å². The van der Waals surface area contributed by atoms with E-state index in [0.717, 1.165) is 23.7 Å². The van der Waals surface area contributed by atoms with E-state index < -0.39 is 27.8 Å². The first-order valence-corrected chi connectivity index (χ1v) is 14.1. The molecule has 2 aliphatic heterocycles. The first-order valence-electron chi connectivity index (χ1n) is 11.9. The Morgan fingerprint density at radius 2 is 1.78 bits per heavy atom. The van der Waals surface area contributed by atoms with Crippen LogP contribution in [0.2, 0.25) is 0 Å². The molecular formula is C26H29BrN2O6S. The van der Waals surface area contributed by atoms with E-state index in [-0.39, 0.29) is 28.3 Å². The number of hydrogen-bond acceptors (Lipinski definition) is 6. The number of halogens is 1. The van der Waals surface area contributed by atoms with E-state index in [0.29, 0.717) is 31.7 Å². The molecule has 192 valence electrons. The maximum atomic E-state index is 13.1. The Morgan fingerprint density at radius 1 is 1.08 bits per heavy atom. The van der Waals surface area contributed by atoms with E-state index in [1.54, 1.807) is 25.3 Å². The Bertz CT molecular complexity index is 1270. The third-order valence-corrected chi connectivity index (χ3v) is 8.94. The normalized spacial score (nSPS) is 20.7. The van der Waals surface area contributed by atoms with Gasteiger partial charge in [0.1, 0.15) is 5.76 Å². The second-order valence-corrected chi connectivity index (χ2v) is 11.7. The van der Waals surface area contributed by atoms with E-state index in [4.69, 9.17) is 4.74 Å². The molecule has 0 aromatic heterocycles. The highest BCUT2D eigenvalue weighted by Crippen LogP contribution is 2.40. The molecule has 36 heavy (non-hydrogen) atoms. The number of rotatable bonds is 8. The van der Waals surface area contributed by atoms with Gasteiger partial charge in [-0.3, -0.25) is 9.59 Å². The predicted molar refractivity (Wildman–Crippen MR) is 139 cm³/mol. The monoisotopic (exact) mass is 576 g/mol. The predicted octanol–water partition coefficient (Wildman–Crippen LogP) is 4.08. The van der Waals surface area contributed by atoms with Crippen LogP contribution in [0.15, 0.2) is 63.5 Å². The number of Topliss-reactive ketones (excluding diaryl/α,β-unsaturated/α-hetero) is 1. The summed E-state index contributed by atoms with van der Waals surface area (Å²) in [5.41, 5.74) is 0.913. The molecular weight excluding hydrogens is 548 g/mol. The van der Waals surface area contributed by atoms with Crippen LogP contribution in [0.5, 0.6) is 0 Å². The molecule has 0 aliphatic carbocycles. The van der Waals surface area contributed by atoms with Crippen molar-refractivity contribution >= 4 is 43.4 Å². The van der Waals surface area contributed by atoms with Gasteiger partial charge in [0, 0.05) is 43.4 Å². The van der Waals surface area contributed by atoms with Gasteiger partial charge in [0.15, 0.2) is 0 Å². The molecule has 2 aromatic rings. The van der Waals surface area contributed by atoms with Crippen LogP contribution < -0.4 is 0 Å². The summed E-state index contributed by atoms with van der Waals surface area (Å²) in [5, 5.41) is 11.2. The number of sulfonamides is 1. The number of ketones is 1. The van der Waals surface area contributed by atoms with Crippen molar-refractivity contribution in [1.29, 1.82) is 0 Å². The molecule has 1 unspecified atom stereocenters. The summed E-state index contributed by atoms with van der Waals surface area (Å²) < 4.78 is 33.3. The third kappa shape index (κ3) is 5.27. The lowest BCUT2D eigenvalue weighted by molar-refractivity contribution is -0.140. The SMILES string of the molecule is COCCCN1C(=O)C(=O)/C(=C(\O)c2ccc(S(=O)(=O)N3CCCCC3)cc2)C1c1cccc(Br)c1. The van der Waals surface area contributed by atoms with Crippen LogP contribution in [0, 0.1) is 0 Å². The number of nitrogens with zero attached hydrogens (tertiary/aromatic N) is 2. The number of aliphatic hydroxyl groups is 1. The number of aliphatic hydroxyl groups excluding tert-OH is 1. The zero-order valence-corrected chi connectivity index (χ0v) is 22.4. The number of piperidine rings is 1. The number of ether oxygens (including phenoxy) is 1. The fraction of sp³-hybridized carbons (Fsp3) is 0.385. The van der Waals surface area contributed by atoms with Crippen LogP contribution in [0.1, 0.15) is 42.9 Å². The lowest BCUT2D eigenvalue weighted by Crippen LogP contribution is -2.35. The molecule has 0 saturated carbocycles. The summed E-state index contributed by atoms with van der Waals surface area (Å²) in [6.45, 7) is 1.67. The standard InChI is InChI=1S/C26H29BrN2O6S/c1-35-16-6-15-29-23(19-7-5-8-20(27)17-19)22(25(31)26(29)32)24(30)18-9-11-21(12-10-18)36(33,34)28-13-3-2-4-14-28/h5,7-12,17,23,30H,2-4,6,13-16H2,1H3/b24-22-. The minimum absolute atomic E-state index is 0.0258. The highest BCUT2D eigenvalue weighted by molar-refractivity contribution is 9.10. The Kier molecular flexibility index (Phi) is 8.29. The molecule has 0 radical (unpaired) electrons. The van der Waals surface area contributed by atoms with Crippen LogP contribution in [0.4, 0.5) is 0 Å². The summed E-state index contributed by atoms with van der Waals surface area (Å²) in [6.07, 6.45) is 3.20. The molecule has 1 amide bonds. The van der Waals surface area contributed by atoms with Gasteiger partial charge in [-0.15, -0.1) is 0 Å². The summed E-state index contributed by atoms with van der Waals surface area (Å²) in [6, 6.07) is 12.3. The van der Waals surface area contributed by atoms with Crippen molar-refractivity contribution in [1.82, 2.24) is 9.21 Å². The van der Waals surface area contributed by atoms with Crippen molar-refractivity contribution in [3.63, 3.8) is 0 Å². The van der Waals surface area contributed by atoms with Gasteiger partial charge in [-0.2, -0.15) is 4.31 Å². The fourth-order valence-corrected chi connectivity index (χ4v) is 6.64. The minimum Gasteiger partial charge on any atom is -0.507 e. The topological polar surface area (TPSA) is 104 Å². The number of amides is 1. The van der Waals surface area contributed by atoms with Crippen LogP contribution in [0.25, 0.3) is 5.76 Å². The van der Waals surface area contributed by atoms with Gasteiger partial charge < -0.3 is 14.7 Å². The molecule has 2 aromatic carbocycles. The maximum absolute atomic E-state index is 13.1. The number of carbonyl (C=O) groups excluding carboxylic acids is 2. The molecule has 8 nitrogen and oxygen atoms in total. The Balaban J connectivity index is 1.72. The Hall–Kier alpha value is -2.53. The largest absolute Gasteiger partial charge is 0.507 e. The van der Waals surface area contributed by atoms with E-state index in [1.807, 2.05) is 6.07 Å². The second-order valence-electron chi connectivity index (χ2n) is 8.88. The number of benzene rings is 2. The van der Waals surface area contributed by atoms with Crippen molar-refractivity contribution < 1.29 is 27.9 Å². The molecule has 4 rings (SSSR count). The van der Waals surface area contributed by atoms with Crippen molar-refractivity contribution in [2.75, 3.05) is 33.4 Å². The van der Waals surface area contributed by atoms with Gasteiger partial charge in [-0.05, 0) is 61.2 Å². The Labute approximate surface area is 219 Å². The zero-order chi connectivity index (χ0) is 25.9. The molecule has 0 bridgehead atoms. The summed E-state index contributed by atoms with van der Waals surface area (Å²) in [5.74, 6) is -1.81. The van der Waals surface area contributed by atoms with Gasteiger partial charge in [0.05, 0.1) is 16.5 Å². The maximum Gasteiger partial charge on any atom is 0.295 e. The van der Waals surface area contributed by atoms with Gasteiger partial charge in [0.25, 0.3) is 11.7 Å². The zero-order valence-electron chi connectivity index (χ0n) is 20.0. The van der Waals surface area contributed by atoms with E-state index in [1.165, 1.54) is 33.5 Å². The molecule has 2 heterocycles. The third-order valence-electron chi connectivity index (χ3n) is 6.53. The average Bonchev–Trinajstić information content (AvgIpc) is 3.14. The first kappa shape index (κ1) is 26.5. The van der Waals surface area contributed by atoms with Gasteiger partial charge in [0.2, 0.25) is 10.0 Å².